The summed E-state index contributed by atoms with van der Waals surface area (Å²) < 4.78 is 18.2. The van der Waals surface area contributed by atoms with Gasteiger partial charge in [-0.2, -0.15) is 5.26 Å². The predicted molar refractivity (Wildman–Crippen MR) is 87.1 cm³/mol. The molecule has 5 nitrogen and oxygen atoms in total. The van der Waals surface area contributed by atoms with Crippen molar-refractivity contribution in [3.63, 3.8) is 0 Å². The smallest absolute Gasteiger partial charge is 0.236 e. The lowest BCUT2D eigenvalue weighted by Crippen LogP contribution is -2.38. The van der Waals surface area contributed by atoms with Crippen LogP contribution in [0.2, 0.25) is 0 Å². The number of furan rings is 1. The third-order valence-electron chi connectivity index (χ3n) is 3.62. The van der Waals surface area contributed by atoms with Gasteiger partial charge in [-0.05, 0) is 29.8 Å². The third kappa shape index (κ3) is 5.52. The van der Waals surface area contributed by atoms with Crippen molar-refractivity contribution in [1.82, 2.24) is 9.80 Å². The van der Waals surface area contributed by atoms with Crippen molar-refractivity contribution in [3.8, 4) is 6.07 Å². The first-order valence-corrected chi connectivity index (χ1v) is 7.68. The van der Waals surface area contributed by atoms with Crippen molar-refractivity contribution in [3.05, 3.63) is 59.8 Å². The van der Waals surface area contributed by atoms with E-state index in [0.717, 1.165) is 11.3 Å². The molecule has 0 radical (unpaired) electrons. The number of nitrogens with zero attached hydrogens (tertiary/aromatic N) is 3. The Bertz CT molecular complexity index is 677. The zero-order chi connectivity index (χ0) is 17.4. The highest BCUT2D eigenvalue weighted by atomic mass is 19.1. The lowest BCUT2D eigenvalue weighted by molar-refractivity contribution is -0.131. The molecule has 0 N–H and O–H groups in total. The molecule has 0 aliphatic rings. The minimum atomic E-state index is -0.297. The van der Waals surface area contributed by atoms with Gasteiger partial charge in [-0.3, -0.25) is 9.69 Å². The number of likely N-dealkylation sites (N-methyl/N-ethyl adjacent to an activating group) is 1. The van der Waals surface area contributed by atoms with E-state index >= 15 is 0 Å². The molecule has 0 aliphatic heterocycles. The van der Waals surface area contributed by atoms with Crippen molar-refractivity contribution in [2.45, 2.75) is 19.5 Å². The van der Waals surface area contributed by atoms with Crippen molar-refractivity contribution < 1.29 is 13.6 Å². The van der Waals surface area contributed by atoms with Gasteiger partial charge in [0, 0.05) is 26.6 Å². The van der Waals surface area contributed by atoms with Gasteiger partial charge < -0.3 is 9.32 Å². The fourth-order valence-electron chi connectivity index (χ4n) is 2.31. The quantitative estimate of drug-likeness (QED) is 0.747. The molecule has 0 atom stereocenters. The maximum absolute atomic E-state index is 12.9. The molecule has 1 aromatic carbocycles. The molecule has 0 saturated carbocycles. The summed E-state index contributed by atoms with van der Waals surface area (Å²) >= 11 is 0. The van der Waals surface area contributed by atoms with Gasteiger partial charge in [0.2, 0.25) is 5.91 Å². The molecular formula is C18H20FN3O2. The van der Waals surface area contributed by atoms with Crippen LogP contribution in [-0.2, 0) is 17.9 Å². The second kappa shape index (κ2) is 8.85. The van der Waals surface area contributed by atoms with Crippen LogP contribution in [0.5, 0.6) is 0 Å². The minimum Gasteiger partial charge on any atom is -0.468 e. The highest BCUT2D eigenvalue weighted by Gasteiger charge is 2.16. The summed E-state index contributed by atoms with van der Waals surface area (Å²) in [6.07, 6.45) is 1.93. The number of benzene rings is 1. The molecule has 126 valence electrons. The van der Waals surface area contributed by atoms with E-state index < -0.39 is 0 Å². The van der Waals surface area contributed by atoms with Crippen LogP contribution in [-0.4, -0.2) is 35.8 Å². The van der Waals surface area contributed by atoms with Crippen LogP contribution in [0.25, 0.3) is 0 Å². The van der Waals surface area contributed by atoms with Gasteiger partial charge in [-0.1, -0.05) is 12.1 Å². The van der Waals surface area contributed by atoms with E-state index in [2.05, 4.69) is 6.07 Å². The predicted octanol–water partition coefficient (Wildman–Crippen LogP) is 2.79. The molecule has 0 bridgehead atoms. The van der Waals surface area contributed by atoms with Gasteiger partial charge in [-0.25, -0.2) is 4.39 Å². The standard InChI is InChI=1S/C18H20FN3O2/c1-21(12-15-5-7-16(19)8-6-15)18(23)14-22(10-3-9-20)13-17-4-2-11-24-17/h2,4-8,11H,3,10,12-14H2,1H3. The fourth-order valence-corrected chi connectivity index (χ4v) is 2.31. The number of nitriles is 1. The number of carbonyl (C=O) groups is 1. The Morgan fingerprint density at radius 3 is 2.62 bits per heavy atom. The molecule has 6 heteroatoms. The van der Waals surface area contributed by atoms with Gasteiger partial charge in [-0.15, -0.1) is 0 Å². The van der Waals surface area contributed by atoms with Crippen LogP contribution >= 0.6 is 0 Å². The Labute approximate surface area is 140 Å². The average Bonchev–Trinajstić information content (AvgIpc) is 3.07. The highest BCUT2D eigenvalue weighted by molar-refractivity contribution is 5.78. The summed E-state index contributed by atoms with van der Waals surface area (Å²) in [4.78, 5) is 15.9. The maximum atomic E-state index is 12.9. The molecule has 2 aromatic rings. The van der Waals surface area contributed by atoms with E-state index in [1.807, 2.05) is 11.0 Å². The topological polar surface area (TPSA) is 60.5 Å². The Morgan fingerprint density at radius 1 is 1.25 bits per heavy atom. The van der Waals surface area contributed by atoms with E-state index in [0.29, 0.717) is 26.1 Å². The van der Waals surface area contributed by atoms with E-state index in [1.165, 1.54) is 12.1 Å². The number of halogens is 1. The van der Waals surface area contributed by atoms with E-state index in [1.54, 1.807) is 36.4 Å². The molecule has 1 aromatic heterocycles. The van der Waals surface area contributed by atoms with Crippen LogP contribution in [0.1, 0.15) is 17.7 Å². The third-order valence-corrected chi connectivity index (χ3v) is 3.62. The van der Waals surface area contributed by atoms with Crippen molar-refractivity contribution >= 4 is 5.91 Å². The molecule has 0 fully saturated rings. The van der Waals surface area contributed by atoms with Crippen molar-refractivity contribution in [1.29, 1.82) is 5.26 Å². The Hall–Kier alpha value is -2.65. The normalized spacial score (nSPS) is 10.6. The summed E-state index contributed by atoms with van der Waals surface area (Å²) in [5.74, 6) is 0.389. The molecule has 0 aliphatic carbocycles. The molecule has 2 rings (SSSR count). The number of amides is 1. The highest BCUT2D eigenvalue weighted by Crippen LogP contribution is 2.09. The monoisotopic (exact) mass is 329 g/mol. The minimum absolute atomic E-state index is 0.0659. The molecular weight excluding hydrogens is 309 g/mol. The van der Waals surface area contributed by atoms with Crippen LogP contribution in [0.15, 0.2) is 47.1 Å². The second-order valence-corrected chi connectivity index (χ2v) is 5.57. The summed E-state index contributed by atoms with van der Waals surface area (Å²) in [5.41, 5.74) is 0.863. The summed E-state index contributed by atoms with van der Waals surface area (Å²) in [6, 6.07) is 11.8. The van der Waals surface area contributed by atoms with Crippen molar-refractivity contribution in [2.24, 2.45) is 0 Å². The fraction of sp³-hybridized carbons (Fsp3) is 0.333. The van der Waals surface area contributed by atoms with Gasteiger partial charge in [0.05, 0.1) is 25.4 Å². The van der Waals surface area contributed by atoms with E-state index in [-0.39, 0.29) is 18.3 Å². The Kier molecular flexibility index (Phi) is 6.52. The van der Waals surface area contributed by atoms with Gasteiger partial charge in [0.1, 0.15) is 11.6 Å². The first-order valence-electron chi connectivity index (χ1n) is 7.68. The molecule has 24 heavy (non-hydrogen) atoms. The zero-order valence-corrected chi connectivity index (χ0v) is 13.6. The molecule has 0 saturated heterocycles. The first kappa shape index (κ1) is 17.7. The van der Waals surface area contributed by atoms with Gasteiger partial charge >= 0.3 is 0 Å². The van der Waals surface area contributed by atoms with E-state index in [9.17, 15) is 9.18 Å². The number of rotatable bonds is 8. The Morgan fingerprint density at radius 2 is 2.00 bits per heavy atom. The van der Waals surface area contributed by atoms with Crippen molar-refractivity contribution in [2.75, 3.05) is 20.1 Å². The van der Waals surface area contributed by atoms with Crippen LogP contribution in [0, 0.1) is 17.1 Å². The van der Waals surface area contributed by atoms with Crippen LogP contribution in [0.4, 0.5) is 4.39 Å². The maximum Gasteiger partial charge on any atom is 0.236 e. The average molecular weight is 329 g/mol. The van der Waals surface area contributed by atoms with Gasteiger partial charge in [0.25, 0.3) is 0 Å². The summed E-state index contributed by atoms with van der Waals surface area (Å²) in [6.45, 7) is 1.57. The molecule has 0 unspecified atom stereocenters. The van der Waals surface area contributed by atoms with Gasteiger partial charge in [0.15, 0.2) is 0 Å². The summed E-state index contributed by atoms with van der Waals surface area (Å²) in [5, 5.41) is 8.78. The Balaban J connectivity index is 1.92. The first-order chi connectivity index (χ1) is 11.6. The van der Waals surface area contributed by atoms with Crippen LogP contribution < -0.4 is 0 Å². The molecule has 1 heterocycles. The lowest BCUT2D eigenvalue weighted by Gasteiger charge is -2.24. The zero-order valence-electron chi connectivity index (χ0n) is 13.6. The molecule has 0 spiro atoms. The van der Waals surface area contributed by atoms with Crippen LogP contribution in [0.3, 0.4) is 0 Å². The van der Waals surface area contributed by atoms with E-state index in [4.69, 9.17) is 9.68 Å². The summed E-state index contributed by atoms with van der Waals surface area (Å²) in [7, 11) is 1.71. The number of carbonyl (C=O) groups excluding carboxylic acids is 1. The number of hydrogen-bond acceptors (Lipinski definition) is 4. The second-order valence-electron chi connectivity index (χ2n) is 5.57. The number of hydrogen-bond donors (Lipinski definition) is 0. The lowest BCUT2D eigenvalue weighted by atomic mass is 10.2. The SMILES string of the molecule is CN(Cc1ccc(F)cc1)C(=O)CN(CCC#N)Cc1ccco1. The largest absolute Gasteiger partial charge is 0.468 e. The molecule has 1 amide bonds.